The Kier molecular flexibility index (Phi) is 8.12. The third-order valence-corrected chi connectivity index (χ3v) is 6.70. The van der Waals surface area contributed by atoms with Gasteiger partial charge in [-0.05, 0) is 26.0 Å². The number of ketones is 1. The fraction of sp³-hybridized carbons (Fsp3) is 0.200. The topological polar surface area (TPSA) is 63.3 Å². The first-order chi connectivity index (χ1) is 14.2. The average Bonchev–Trinajstić information content (AvgIpc) is 3.16. The summed E-state index contributed by atoms with van der Waals surface area (Å²) in [5.41, 5.74) is 3.67. The van der Waals surface area contributed by atoms with Crippen LogP contribution in [0, 0.1) is 6.07 Å². The van der Waals surface area contributed by atoms with Gasteiger partial charge in [0.25, 0.3) is 0 Å². The van der Waals surface area contributed by atoms with Gasteiger partial charge in [-0.3, -0.25) is 9.78 Å². The summed E-state index contributed by atoms with van der Waals surface area (Å²) < 4.78 is 5.74. The summed E-state index contributed by atoms with van der Waals surface area (Å²) >= 11 is 0. The van der Waals surface area contributed by atoms with E-state index in [0.29, 0.717) is 0 Å². The molecule has 4 aromatic rings. The first kappa shape index (κ1) is 24.7. The predicted octanol–water partition coefficient (Wildman–Crippen LogP) is 6.03. The zero-order chi connectivity index (χ0) is 21.9. The molecule has 163 valence electrons. The van der Waals surface area contributed by atoms with Crippen LogP contribution in [0.4, 0.5) is 0 Å². The van der Waals surface area contributed by atoms with Crippen molar-refractivity contribution in [3.63, 3.8) is 0 Å². The smallest absolute Gasteiger partial charge is 0.155 e. The second-order valence-electron chi connectivity index (χ2n) is 8.28. The van der Waals surface area contributed by atoms with Crippen LogP contribution < -0.4 is 5.19 Å². The van der Waals surface area contributed by atoms with E-state index in [1.54, 1.807) is 6.26 Å². The summed E-state index contributed by atoms with van der Waals surface area (Å²) in [6.07, 6.45) is 2.90. The van der Waals surface area contributed by atoms with Crippen LogP contribution in [-0.4, -0.2) is 23.9 Å². The second-order valence-corrected chi connectivity index (χ2v) is 13.4. The first-order valence-corrected chi connectivity index (χ1v) is 13.3. The number of allylic oxidation sites excluding steroid dienone is 2. The van der Waals surface area contributed by atoms with Crippen molar-refractivity contribution < 1.29 is 34.4 Å². The maximum Gasteiger partial charge on any atom is 0.155 e. The largest absolute Gasteiger partial charge is 0.512 e. The third-order valence-electron chi connectivity index (χ3n) is 4.65. The molecule has 31 heavy (non-hydrogen) atoms. The van der Waals surface area contributed by atoms with Gasteiger partial charge in [-0.1, -0.05) is 37.8 Å². The number of aliphatic hydroxyl groups excluding tert-OH is 1. The molecule has 6 heteroatoms. The Morgan fingerprint density at radius 2 is 1.77 bits per heavy atom. The van der Waals surface area contributed by atoms with Gasteiger partial charge in [0.2, 0.25) is 0 Å². The number of hydrogen-bond acceptors (Lipinski definition) is 4. The van der Waals surface area contributed by atoms with Crippen molar-refractivity contribution >= 4 is 40.9 Å². The van der Waals surface area contributed by atoms with Crippen molar-refractivity contribution in [2.75, 3.05) is 0 Å². The zero-order valence-corrected chi connectivity index (χ0v) is 21.7. The SMILES string of the molecule is CC(=O)/C=C(/C)O.C[Si](C)(C)c1c[c-]c(-c2nc3ccccc3c3ccoc23)cc1.[Ir]. The van der Waals surface area contributed by atoms with Gasteiger partial charge in [-0.15, -0.1) is 35.0 Å². The summed E-state index contributed by atoms with van der Waals surface area (Å²) in [4.78, 5) is 14.8. The number of carbonyl (C=O) groups is 1. The molecule has 0 aliphatic heterocycles. The number of pyridine rings is 1. The molecule has 0 aliphatic rings. The van der Waals surface area contributed by atoms with Crippen molar-refractivity contribution in [1.82, 2.24) is 4.98 Å². The molecule has 0 saturated heterocycles. The Morgan fingerprint density at radius 1 is 1.06 bits per heavy atom. The Bertz CT molecular complexity index is 1220. The monoisotopic (exact) mass is 609 g/mol. The Balaban J connectivity index is 0.000000373. The average molecular weight is 609 g/mol. The van der Waals surface area contributed by atoms with Crippen LogP contribution in [0.15, 0.2) is 71.0 Å². The Hall–Kier alpha value is -2.53. The van der Waals surface area contributed by atoms with Crippen molar-refractivity contribution in [3.8, 4) is 11.3 Å². The molecule has 2 heterocycles. The number of hydrogen-bond donors (Lipinski definition) is 1. The Labute approximate surface area is 197 Å². The van der Waals surface area contributed by atoms with E-state index in [4.69, 9.17) is 14.5 Å². The summed E-state index contributed by atoms with van der Waals surface area (Å²) in [5, 5.41) is 12.0. The number of carbonyl (C=O) groups excluding carboxylic acids is 1. The number of aliphatic hydroxyl groups is 1. The van der Waals surface area contributed by atoms with Crippen LogP contribution in [0.2, 0.25) is 19.6 Å². The molecule has 0 fully saturated rings. The summed E-state index contributed by atoms with van der Waals surface area (Å²) in [7, 11) is -1.32. The van der Waals surface area contributed by atoms with E-state index in [1.165, 1.54) is 25.1 Å². The van der Waals surface area contributed by atoms with Gasteiger partial charge in [-0.2, -0.15) is 0 Å². The standard InChI is InChI=1S/C20H18NOSi.C5H8O2.Ir/c1-23(2,3)15-10-8-14(9-11-15)19-20-17(12-13-22-20)16-6-4-5-7-18(16)21-19;1-4(6)3-5(2)7;/h4-8,10-13H,1-3H3;3,6H,1-2H3;/q-1;;/b;4-3-;. The van der Waals surface area contributed by atoms with Gasteiger partial charge in [0.05, 0.1) is 17.5 Å². The summed E-state index contributed by atoms with van der Waals surface area (Å²) in [6, 6.07) is 20.1. The molecule has 1 N–H and O–H groups in total. The van der Waals surface area contributed by atoms with Crippen LogP contribution in [0.5, 0.6) is 0 Å². The zero-order valence-electron chi connectivity index (χ0n) is 18.3. The van der Waals surface area contributed by atoms with E-state index in [-0.39, 0.29) is 31.6 Å². The van der Waals surface area contributed by atoms with Gasteiger partial charge < -0.3 is 9.52 Å². The quantitative estimate of drug-likeness (QED) is 0.134. The van der Waals surface area contributed by atoms with Gasteiger partial charge >= 0.3 is 0 Å². The molecule has 0 saturated carbocycles. The van der Waals surface area contributed by atoms with Crippen LogP contribution >= 0.6 is 0 Å². The molecule has 4 rings (SSSR count). The minimum Gasteiger partial charge on any atom is -0.512 e. The molecule has 1 radical (unpaired) electrons. The number of furan rings is 1. The molecular formula is C25H26IrNO3Si-. The summed E-state index contributed by atoms with van der Waals surface area (Å²) in [6.45, 7) is 9.87. The molecule has 0 spiro atoms. The number of benzene rings is 2. The van der Waals surface area contributed by atoms with E-state index >= 15 is 0 Å². The minimum atomic E-state index is -1.32. The van der Waals surface area contributed by atoms with Gasteiger partial charge in [0.1, 0.15) is 5.58 Å². The molecule has 2 aromatic carbocycles. The maximum atomic E-state index is 10.0. The van der Waals surface area contributed by atoms with Crippen LogP contribution in [0.3, 0.4) is 0 Å². The van der Waals surface area contributed by atoms with Crippen molar-refractivity contribution in [3.05, 3.63) is 72.7 Å². The van der Waals surface area contributed by atoms with E-state index in [2.05, 4.69) is 50.0 Å². The molecule has 4 nitrogen and oxygen atoms in total. The van der Waals surface area contributed by atoms with E-state index in [0.717, 1.165) is 33.1 Å². The number of rotatable bonds is 3. The number of para-hydroxylation sites is 1. The van der Waals surface area contributed by atoms with Gasteiger partial charge in [0.15, 0.2) is 5.78 Å². The van der Waals surface area contributed by atoms with E-state index in [1.807, 2.05) is 24.3 Å². The van der Waals surface area contributed by atoms with Crippen LogP contribution in [0.25, 0.3) is 33.1 Å². The number of fused-ring (bicyclic) bond motifs is 3. The molecule has 0 aliphatic carbocycles. The normalized spacial score (nSPS) is 11.6. The molecule has 0 bridgehead atoms. The van der Waals surface area contributed by atoms with Gasteiger partial charge in [-0.25, -0.2) is 0 Å². The molecule has 0 amide bonds. The molecular weight excluding hydrogens is 583 g/mol. The van der Waals surface area contributed by atoms with Gasteiger partial charge in [0, 0.05) is 50.7 Å². The van der Waals surface area contributed by atoms with Crippen LogP contribution in [0.1, 0.15) is 13.8 Å². The van der Waals surface area contributed by atoms with Crippen molar-refractivity contribution in [2.45, 2.75) is 33.5 Å². The second kappa shape index (κ2) is 10.2. The van der Waals surface area contributed by atoms with Crippen molar-refractivity contribution in [1.29, 1.82) is 0 Å². The summed E-state index contributed by atoms with van der Waals surface area (Å²) in [5.74, 6) is -0.0625. The first-order valence-electron chi connectivity index (χ1n) is 9.83. The molecule has 0 unspecified atom stereocenters. The van der Waals surface area contributed by atoms with E-state index in [9.17, 15) is 4.79 Å². The van der Waals surface area contributed by atoms with Crippen LogP contribution in [-0.2, 0) is 24.9 Å². The maximum absolute atomic E-state index is 10.0. The Morgan fingerprint density at radius 3 is 2.32 bits per heavy atom. The number of nitrogens with zero attached hydrogens (tertiary/aromatic N) is 1. The molecule has 2 aromatic heterocycles. The minimum absolute atomic E-state index is 0. The fourth-order valence-electron chi connectivity index (χ4n) is 3.19. The van der Waals surface area contributed by atoms with Crippen molar-refractivity contribution in [2.24, 2.45) is 0 Å². The number of aromatic nitrogens is 1. The van der Waals surface area contributed by atoms with E-state index < -0.39 is 8.07 Å². The molecule has 0 atom stereocenters. The fourth-order valence-corrected chi connectivity index (χ4v) is 4.28. The third kappa shape index (κ3) is 6.00. The predicted molar refractivity (Wildman–Crippen MR) is 126 cm³/mol.